The van der Waals surface area contributed by atoms with Crippen molar-refractivity contribution in [1.82, 2.24) is 9.80 Å². The number of rotatable bonds is 14. The molecule has 0 bridgehead atoms. The van der Waals surface area contributed by atoms with Crippen LogP contribution < -0.4 is 14.2 Å². The zero-order valence-corrected chi connectivity index (χ0v) is 24.3. The molecule has 8 heteroatoms. The Balaban J connectivity index is 1.69. The number of carbonyl (C=O) groups is 2. The molecule has 0 aromatic heterocycles. The van der Waals surface area contributed by atoms with Gasteiger partial charge in [-0.2, -0.15) is 0 Å². The maximum atomic E-state index is 14.0. The minimum absolute atomic E-state index is 0.0781. The first-order valence-electron chi connectivity index (χ1n) is 14.7. The van der Waals surface area contributed by atoms with Crippen LogP contribution in [0.15, 0.2) is 42.5 Å². The average molecular weight is 553 g/mol. The third kappa shape index (κ3) is 6.54. The summed E-state index contributed by atoms with van der Waals surface area (Å²) >= 11 is 0. The molecule has 218 valence electrons. The molecule has 0 saturated carbocycles. The van der Waals surface area contributed by atoms with Gasteiger partial charge in [0.05, 0.1) is 19.6 Å². The summed E-state index contributed by atoms with van der Waals surface area (Å²) in [4.78, 5) is 31.1. The van der Waals surface area contributed by atoms with Crippen molar-refractivity contribution in [2.24, 2.45) is 5.92 Å². The number of methoxy groups -OCH3 is 1. The molecule has 1 fully saturated rings. The number of ether oxygens (including phenoxy) is 3. The summed E-state index contributed by atoms with van der Waals surface area (Å²) in [5.41, 5.74) is 1.74. The van der Waals surface area contributed by atoms with Gasteiger partial charge >= 0.3 is 5.97 Å². The Hall–Kier alpha value is -3.26. The smallest absolute Gasteiger partial charge is 0.309 e. The number of fused-ring (bicyclic) bond motifs is 1. The number of hydrogen-bond acceptors (Lipinski definition) is 6. The van der Waals surface area contributed by atoms with Crippen LogP contribution in [-0.2, 0) is 9.59 Å². The number of aliphatic carboxylic acids is 1. The van der Waals surface area contributed by atoms with Gasteiger partial charge in [-0.1, -0.05) is 58.2 Å². The molecule has 1 saturated heterocycles. The molecule has 4 rings (SSSR count). The van der Waals surface area contributed by atoms with Crippen molar-refractivity contribution >= 4 is 11.9 Å². The predicted molar refractivity (Wildman–Crippen MR) is 154 cm³/mol. The lowest BCUT2D eigenvalue weighted by Crippen LogP contribution is -2.46. The summed E-state index contributed by atoms with van der Waals surface area (Å²) in [6.07, 6.45) is 5.96. The van der Waals surface area contributed by atoms with E-state index in [-0.39, 0.29) is 31.2 Å². The molecule has 0 radical (unpaired) electrons. The number of carbonyl (C=O) groups excluding carboxylic acids is 1. The van der Waals surface area contributed by atoms with E-state index < -0.39 is 17.9 Å². The fraction of sp³-hybridized carbons (Fsp3) is 0.562. The number of hydrogen-bond donors (Lipinski definition) is 1. The van der Waals surface area contributed by atoms with Crippen LogP contribution in [0.2, 0.25) is 0 Å². The Morgan fingerprint density at radius 1 is 1.00 bits per heavy atom. The van der Waals surface area contributed by atoms with Gasteiger partial charge < -0.3 is 24.2 Å². The molecule has 2 aromatic carbocycles. The van der Waals surface area contributed by atoms with Crippen molar-refractivity contribution in [3.8, 4) is 17.2 Å². The molecule has 0 aliphatic carbocycles. The highest BCUT2D eigenvalue weighted by Crippen LogP contribution is 2.47. The lowest BCUT2D eigenvalue weighted by molar-refractivity contribution is -0.144. The third-order valence-electron chi connectivity index (χ3n) is 8.26. The standard InChI is InChI=1S/C32H44N2O6/c1-5-8-17-34(24(9-6-2)10-7-3)29(35)20-33-19-26(23-13-16-27-28(18-23)40-21-39-27)30(32(36)37)31(33)22-11-14-25(38-4)15-12-22/h11-16,18,24,26,30-31H,5-10,17,19-21H2,1-4H3,(H,36,37)/t26-,30+,31-/m1/s1. The molecular weight excluding hydrogens is 508 g/mol. The number of carboxylic acid groups (broad SMARTS) is 1. The van der Waals surface area contributed by atoms with Crippen molar-refractivity contribution < 1.29 is 28.9 Å². The van der Waals surface area contributed by atoms with Gasteiger partial charge in [0.1, 0.15) is 5.75 Å². The van der Waals surface area contributed by atoms with Gasteiger partial charge in [0.25, 0.3) is 0 Å². The summed E-state index contributed by atoms with van der Waals surface area (Å²) in [6.45, 7) is 7.99. The van der Waals surface area contributed by atoms with Gasteiger partial charge in [0.15, 0.2) is 11.5 Å². The maximum Gasteiger partial charge on any atom is 0.309 e. The van der Waals surface area contributed by atoms with Crippen LogP contribution in [0.25, 0.3) is 0 Å². The van der Waals surface area contributed by atoms with Gasteiger partial charge in [-0.3, -0.25) is 14.5 Å². The normalized spacial score (nSPS) is 20.2. The summed E-state index contributed by atoms with van der Waals surface area (Å²) in [5, 5.41) is 10.6. The van der Waals surface area contributed by atoms with Crippen LogP contribution in [0.1, 0.15) is 82.4 Å². The molecule has 1 N–H and O–H groups in total. The Labute approximate surface area is 238 Å². The minimum Gasteiger partial charge on any atom is -0.497 e. The number of likely N-dealkylation sites (tertiary alicyclic amines) is 1. The monoisotopic (exact) mass is 552 g/mol. The molecule has 8 nitrogen and oxygen atoms in total. The predicted octanol–water partition coefficient (Wildman–Crippen LogP) is 5.86. The molecule has 3 atom stereocenters. The highest BCUT2D eigenvalue weighted by molar-refractivity contribution is 5.79. The second kappa shape index (κ2) is 13.9. The van der Waals surface area contributed by atoms with Gasteiger partial charge in [0, 0.05) is 31.1 Å². The van der Waals surface area contributed by atoms with Crippen LogP contribution in [0.3, 0.4) is 0 Å². The number of carboxylic acids is 1. The first-order chi connectivity index (χ1) is 19.4. The van der Waals surface area contributed by atoms with Gasteiger partial charge in [-0.15, -0.1) is 0 Å². The zero-order chi connectivity index (χ0) is 28.6. The van der Waals surface area contributed by atoms with E-state index in [0.717, 1.165) is 56.2 Å². The van der Waals surface area contributed by atoms with Crippen molar-refractivity contribution in [1.29, 1.82) is 0 Å². The fourth-order valence-electron chi connectivity index (χ4n) is 6.30. The van der Waals surface area contributed by atoms with E-state index in [1.54, 1.807) is 7.11 Å². The number of nitrogens with zero attached hydrogens (tertiary/aromatic N) is 2. The molecule has 2 aromatic rings. The summed E-state index contributed by atoms with van der Waals surface area (Å²) in [5.74, 6) is 0.134. The van der Waals surface area contributed by atoms with Crippen molar-refractivity contribution in [3.05, 3.63) is 53.6 Å². The number of amides is 1. The molecular formula is C32H44N2O6. The topological polar surface area (TPSA) is 88.5 Å². The summed E-state index contributed by atoms with van der Waals surface area (Å²) in [6, 6.07) is 13.0. The lowest BCUT2D eigenvalue weighted by atomic mass is 9.82. The van der Waals surface area contributed by atoms with Gasteiger partial charge in [-0.25, -0.2) is 0 Å². The Kier molecular flexibility index (Phi) is 10.3. The maximum absolute atomic E-state index is 14.0. The molecule has 1 amide bonds. The Morgan fingerprint density at radius 2 is 1.68 bits per heavy atom. The van der Waals surface area contributed by atoms with E-state index in [2.05, 4.69) is 30.6 Å². The molecule has 2 heterocycles. The van der Waals surface area contributed by atoms with Crippen molar-refractivity contribution in [2.45, 2.75) is 77.3 Å². The van der Waals surface area contributed by atoms with E-state index in [1.807, 2.05) is 42.5 Å². The first-order valence-corrected chi connectivity index (χ1v) is 14.7. The molecule has 40 heavy (non-hydrogen) atoms. The largest absolute Gasteiger partial charge is 0.497 e. The molecule has 0 unspecified atom stereocenters. The first kappa shape index (κ1) is 29.7. The zero-order valence-electron chi connectivity index (χ0n) is 24.3. The molecule has 0 spiro atoms. The Morgan fingerprint density at radius 3 is 2.30 bits per heavy atom. The van der Waals surface area contributed by atoms with Gasteiger partial charge in [0.2, 0.25) is 12.7 Å². The van der Waals surface area contributed by atoms with Crippen LogP contribution in [0, 0.1) is 5.92 Å². The molecule has 2 aliphatic heterocycles. The summed E-state index contributed by atoms with van der Waals surface area (Å²) < 4.78 is 16.4. The number of benzene rings is 2. The highest BCUT2D eigenvalue weighted by Gasteiger charge is 2.48. The fourth-order valence-corrected chi connectivity index (χ4v) is 6.30. The molecule has 2 aliphatic rings. The van der Waals surface area contributed by atoms with E-state index in [1.165, 1.54) is 0 Å². The highest BCUT2D eigenvalue weighted by atomic mass is 16.7. The third-order valence-corrected chi connectivity index (χ3v) is 8.26. The lowest BCUT2D eigenvalue weighted by Gasteiger charge is -2.35. The Bertz CT molecular complexity index is 1130. The van der Waals surface area contributed by atoms with Crippen LogP contribution >= 0.6 is 0 Å². The van der Waals surface area contributed by atoms with E-state index in [0.29, 0.717) is 23.8 Å². The van der Waals surface area contributed by atoms with E-state index in [4.69, 9.17) is 14.2 Å². The summed E-state index contributed by atoms with van der Waals surface area (Å²) in [7, 11) is 1.61. The second-order valence-corrected chi connectivity index (χ2v) is 10.9. The number of unbranched alkanes of at least 4 members (excludes halogenated alkanes) is 1. The van der Waals surface area contributed by atoms with E-state index >= 15 is 0 Å². The quantitative estimate of drug-likeness (QED) is 0.314. The van der Waals surface area contributed by atoms with Crippen LogP contribution in [-0.4, -0.2) is 66.4 Å². The average Bonchev–Trinajstić information content (AvgIpc) is 3.58. The van der Waals surface area contributed by atoms with Gasteiger partial charge in [-0.05, 0) is 54.7 Å². The second-order valence-electron chi connectivity index (χ2n) is 10.9. The van der Waals surface area contributed by atoms with E-state index in [9.17, 15) is 14.7 Å². The SMILES string of the molecule is CCCCN(C(=O)CN1C[C@H](c2ccc3c(c2)OCO3)[C@H](C(=O)O)[C@H]1c1ccc(OC)cc1)C(CCC)CCC. The van der Waals surface area contributed by atoms with Crippen LogP contribution in [0.4, 0.5) is 0 Å². The van der Waals surface area contributed by atoms with Crippen molar-refractivity contribution in [3.63, 3.8) is 0 Å². The van der Waals surface area contributed by atoms with Crippen molar-refractivity contribution in [2.75, 3.05) is 33.5 Å². The van der Waals surface area contributed by atoms with Crippen LogP contribution in [0.5, 0.6) is 17.2 Å². The minimum atomic E-state index is -0.879.